The maximum absolute atomic E-state index is 12.9. The van der Waals surface area contributed by atoms with Gasteiger partial charge in [-0.2, -0.15) is 0 Å². The molecule has 0 amide bonds. The van der Waals surface area contributed by atoms with Crippen LogP contribution in [0.2, 0.25) is 0 Å². The summed E-state index contributed by atoms with van der Waals surface area (Å²) in [6.07, 6.45) is 5.86. The Bertz CT molecular complexity index is 2100. The molecule has 1 aliphatic rings. The number of benzene rings is 2. The average molecular weight is 603 g/mol. The van der Waals surface area contributed by atoms with Crippen molar-refractivity contribution in [1.29, 1.82) is 0 Å². The van der Waals surface area contributed by atoms with E-state index >= 15 is 0 Å². The van der Waals surface area contributed by atoms with Gasteiger partial charge in [-0.05, 0) is 78.4 Å². The van der Waals surface area contributed by atoms with Gasteiger partial charge in [-0.1, -0.05) is 24.3 Å². The standard InChI is InChI=1S/C35H34N6O4/c1-21-26(5-3-7-28(21)34-39-32-30(45-34)11-14-41(15-16-42)35(32)44)27-6-4-8-29(22(27)2)38-33-31-24(9-12-36-33)17-23(18-37-31)19-40-13-10-25(43)20-40/h3-9,11-12,14,17-18,25,42-43H,10,13,15-16,19-20H2,1-2H3,(H,36,38)/t25-/m1/s1. The third-order valence-corrected chi connectivity index (χ3v) is 8.61. The van der Waals surface area contributed by atoms with E-state index in [2.05, 4.69) is 45.3 Å². The van der Waals surface area contributed by atoms with Crippen LogP contribution >= 0.6 is 0 Å². The molecule has 5 heterocycles. The summed E-state index contributed by atoms with van der Waals surface area (Å²) in [7, 11) is 0. The van der Waals surface area contributed by atoms with Crippen LogP contribution in [-0.4, -0.2) is 60.4 Å². The van der Waals surface area contributed by atoms with Gasteiger partial charge in [0.15, 0.2) is 16.9 Å². The molecule has 228 valence electrons. The summed E-state index contributed by atoms with van der Waals surface area (Å²) in [6, 6.07) is 17.9. The predicted octanol–water partition coefficient (Wildman–Crippen LogP) is 5.19. The number of nitrogens with one attached hydrogen (secondary N) is 1. The highest BCUT2D eigenvalue weighted by atomic mass is 16.3. The normalized spacial score (nSPS) is 15.3. The Hall–Kier alpha value is -4.90. The second-order valence-corrected chi connectivity index (χ2v) is 11.6. The molecule has 0 saturated carbocycles. The van der Waals surface area contributed by atoms with Gasteiger partial charge in [-0.3, -0.25) is 14.7 Å². The first kappa shape index (κ1) is 28.8. The smallest absolute Gasteiger partial charge is 0.280 e. The van der Waals surface area contributed by atoms with E-state index in [9.17, 15) is 15.0 Å². The van der Waals surface area contributed by atoms with Crippen LogP contribution in [0.15, 0.2) is 82.4 Å². The maximum atomic E-state index is 12.9. The molecule has 45 heavy (non-hydrogen) atoms. The number of aliphatic hydroxyl groups excluding tert-OH is 2. The first-order valence-electron chi connectivity index (χ1n) is 15.1. The summed E-state index contributed by atoms with van der Waals surface area (Å²) in [6.45, 7) is 6.51. The van der Waals surface area contributed by atoms with Gasteiger partial charge in [0, 0.05) is 61.4 Å². The molecule has 0 unspecified atom stereocenters. The van der Waals surface area contributed by atoms with Crippen molar-refractivity contribution in [2.24, 2.45) is 0 Å². The van der Waals surface area contributed by atoms with Crippen molar-refractivity contribution < 1.29 is 14.6 Å². The number of hydrogen-bond acceptors (Lipinski definition) is 9. The molecule has 0 radical (unpaired) electrons. The number of aromatic nitrogens is 4. The zero-order valence-corrected chi connectivity index (χ0v) is 25.2. The number of hydrogen-bond donors (Lipinski definition) is 3. The van der Waals surface area contributed by atoms with Crippen molar-refractivity contribution in [3.05, 3.63) is 100 Å². The van der Waals surface area contributed by atoms with Gasteiger partial charge in [0.1, 0.15) is 5.52 Å². The van der Waals surface area contributed by atoms with Crippen LogP contribution in [-0.2, 0) is 13.1 Å². The fourth-order valence-electron chi connectivity index (χ4n) is 6.21. The first-order chi connectivity index (χ1) is 21.9. The van der Waals surface area contributed by atoms with Crippen molar-refractivity contribution >= 4 is 33.5 Å². The largest absolute Gasteiger partial charge is 0.436 e. The Labute approximate surface area is 259 Å². The molecular formula is C35H34N6O4. The molecule has 10 heteroatoms. The van der Waals surface area contributed by atoms with Crippen LogP contribution in [0.3, 0.4) is 0 Å². The lowest BCUT2D eigenvalue weighted by Gasteiger charge is -2.17. The van der Waals surface area contributed by atoms with E-state index in [0.717, 1.165) is 69.5 Å². The number of pyridine rings is 3. The molecule has 2 aromatic carbocycles. The van der Waals surface area contributed by atoms with Crippen LogP contribution in [0.4, 0.5) is 11.5 Å². The molecular weight excluding hydrogens is 568 g/mol. The number of oxazole rings is 1. The lowest BCUT2D eigenvalue weighted by Crippen LogP contribution is -2.21. The number of nitrogens with zero attached hydrogens (tertiary/aromatic N) is 5. The van der Waals surface area contributed by atoms with Gasteiger partial charge in [0.25, 0.3) is 5.56 Å². The number of β-amino-alcohol motifs (C(OH)–C–C–N with tert-alkyl or cyclic N) is 1. The molecule has 3 N–H and O–H groups in total. The van der Waals surface area contributed by atoms with Gasteiger partial charge >= 0.3 is 0 Å². The average Bonchev–Trinajstić information content (AvgIpc) is 3.66. The first-order valence-corrected chi connectivity index (χ1v) is 15.1. The van der Waals surface area contributed by atoms with E-state index in [0.29, 0.717) is 23.8 Å². The van der Waals surface area contributed by atoms with Gasteiger partial charge in [0.2, 0.25) is 5.89 Å². The Morgan fingerprint density at radius 1 is 1.00 bits per heavy atom. The van der Waals surface area contributed by atoms with E-state index in [-0.39, 0.29) is 30.3 Å². The highest BCUT2D eigenvalue weighted by Gasteiger charge is 2.21. The summed E-state index contributed by atoms with van der Waals surface area (Å²) in [5.41, 5.74) is 8.07. The van der Waals surface area contributed by atoms with E-state index in [4.69, 9.17) is 9.40 Å². The van der Waals surface area contributed by atoms with Crippen LogP contribution < -0.4 is 10.9 Å². The molecule has 7 rings (SSSR count). The predicted molar refractivity (Wildman–Crippen MR) is 174 cm³/mol. The number of rotatable bonds is 8. The summed E-state index contributed by atoms with van der Waals surface area (Å²) < 4.78 is 7.47. The number of likely N-dealkylation sites (tertiary alicyclic amines) is 1. The Morgan fingerprint density at radius 3 is 2.60 bits per heavy atom. The Balaban J connectivity index is 1.20. The summed E-state index contributed by atoms with van der Waals surface area (Å²) >= 11 is 0. The second kappa shape index (κ2) is 11.9. The number of anilines is 2. The third kappa shape index (κ3) is 5.48. The molecule has 1 aliphatic heterocycles. The molecule has 0 bridgehead atoms. The lowest BCUT2D eigenvalue weighted by atomic mass is 9.93. The van der Waals surface area contributed by atoms with Crippen LogP contribution in [0.25, 0.3) is 44.6 Å². The van der Waals surface area contributed by atoms with Gasteiger partial charge in [-0.15, -0.1) is 0 Å². The summed E-state index contributed by atoms with van der Waals surface area (Å²) in [5, 5.41) is 23.7. The van der Waals surface area contributed by atoms with Crippen molar-refractivity contribution in [2.75, 3.05) is 25.0 Å². The SMILES string of the molecule is Cc1c(Nc2nccc3cc(CN4CC[C@@H](O)C4)cnc23)cccc1-c1cccc(-c2nc3c(=O)n(CCO)ccc3o2)c1C. The number of aliphatic hydroxyl groups is 2. The molecule has 0 aliphatic carbocycles. The fourth-order valence-corrected chi connectivity index (χ4v) is 6.21. The molecule has 10 nitrogen and oxygen atoms in total. The van der Waals surface area contributed by atoms with E-state index in [1.807, 2.05) is 43.5 Å². The molecule has 0 spiro atoms. The Morgan fingerprint density at radius 2 is 1.80 bits per heavy atom. The quantitative estimate of drug-likeness (QED) is 0.216. The lowest BCUT2D eigenvalue weighted by molar-refractivity contribution is 0.175. The zero-order chi connectivity index (χ0) is 31.1. The molecule has 1 saturated heterocycles. The highest BCUT2D eigenvalue weighted by Crippen LogP contribution is 2.37. The van der Waals surface area contributed by atoms with Gasteiger partial charge < -0.3 is 24.5 Å². The number of fused-ring (bicyclic) bond motifs is 2. The fraction of sp³-hybridized carbons (Fsp3) is 0.257. The topological polar surface area (TPSA) is 130 Å². The Kier molecular flexibility index (Phi) is 7.62. The molecule has 6 aromatic rings. The van der Waals surface area contributed by atoms with Crippen molar-refractivity contribution in [3.8, 4) is 22.6 Å². The minimum absolute atomic E-state index is 0.135. The van der Waals surface area contributed by atoms with Crippen molar-refractivity contribution in [1.82, 2.24) is 24.4 Å². The summed E-state index contributed by atoms with van der Waals surface area (Å²) in [5.74, 6) is 1.06. The summed E-state index contributed by atoms with van der Waals surface area (Å²) in [4.78, 5) is 29.1. The molecule has 1 atom stereocenters. The van der Waals surface area contributed by atoms with E-state index in [1.54, 1.807) is 18.5 Å². The van der Waals surface area contributed by atoms with E-state index < -0.39 is 0 Å². The highest BCUT2D eigenvalue weighted by molar-refractivity contribution is 5.91. The minimum Gasteiger partial charge on any atom is -0.436 e. The van der Waals surface area contributed by atoms with E-state index in [1.165, 1.54) is 4.57 Å². The second-order valence-electron chi connectivity index (χ2n) is 11.6. The third-order valence-electron chi connectivity index (χ3n) is 8.61. The molecule has 4 aromatic heterocycles. The van der Waals surface area contributed by atoms with Crippen LogP contribution in [0.1, 0.15) is 23.1 Å². The monoisotopic (exact) mass is 602 g/mol. The van der Waals surface area contributed by atoms with Gasteiger partial charge in [-0.25, -0.2) is 9.97 Å². The molecule has 1 fully saturated rings. The van der Waals surface area contributed by atoms with Crippen LogP contribution in [0, 0.1) is 13.8 Å². The van der Waals surface area contributed by atoms with Crippen LogP contribution in [0.5, 0.6) is 0 Å². The van der Waals surface area contributed by atoms with Crippen molar-refractivity contribution in [2.45, 2.75) is 39.5 Å². The van der Waals surface area contributed by atoms with Crippen molar-refractivity contribution in [3.63, 3.8) is 0 Å². The maximum Gasteiger partial charge on any atom is 0.280 e. The zero-order valence-electron chi connectivity index (χ0n) is 25.2. The minimum atomic E-state index is -0.292. The van der Waals surface area contributed by atoms with Gasteiger partial charge in [0.05, 0.1) is 12.7 Å².